The first kappa shape index (κ1) is 15.4. The number of rotatable bonds is 7. The zero-order chi connectivity index (χ0) is 14.4. The van der Waals surface area contributed by atoms with Crippen LogP contribution in [0.25, 0.3) is 10.6 Å². The highest BCUT2D eigenvalue weighted by Crippen LogP contribution is 2.33. The van der Waals surface area contributed by atoms with Crippen molar-refractivity contribution in [1.29, 1.82) is 0 Å². The smallest absolute Gasteiger partial charge is 0.157 e. The molecule has 2 aromatic rings. The zero-order valence-corrected chi connectivity index (χ0v) is 14.1. The van der Waals surface area contributed by atoms with Crippen LogP contribution in [0.5, 0.6) is 0 Å². The first-order valence-electron chi connectivity index (χ1n) is 6.67. The van der Waals surface area contributed by atoms with Crippen LogP contribution in [0.2, 0.25) is 0 Å². The van der Waals surface area contributed by atoms with Gasteiger partial charge in [-0.3, -0.25) is 0 Å². The number of hydrogen-bond donors (Lipinski definition) is 1. The second-order valence-electron chi connectivity index (χ2n) is 4.22. The zero-order valence-electron chi connectivity index (χ0n) is 11.6. The van der Waals surface area contributed by atoms with Crippen LogP contribution >= 0.6 is 27.3 Å². The molecular formula is C14H18BrN3OS. The average Bonchev–Trinajstić information content (AvgIpc) is 2.89. The van der Waals surface area contributed by atoms with Crippen molar-refractivity contribution in [2.24, 2.45) is 0 Å². The largest absolute Gasteiger partial charge is 0.374 e. The van der Waals surface area contributed by atoms with E-state index in [1.165, 1.54) is 0 Å². The van der Waals surface area contributed by atoms with E-state index in [0.717, 1.165) is 33.8 Å². The summed E-state index contributed by atoms with van der Waals surface area (Å²) in [4.78, 5) is 10.2. The van der Waals surface area contributed by atoms with E-state index in [4.69, 9.17) is 4.74 Å². The molecule has 0 radical (unpaired) electrons. The van der Waals surface area contributed by atoms with Crippen molar-refractivity contribution in [2.45, 2.75) is 26.9 Å². The molecular weight excluding hydrogens is 338 g/mol. The molecule has 0 spiro atoms. The van der Waals surface area contributed by atoms with Gasteiger partial charge in [-0.25, -0.2) is 9.97 Å². The third-order valence-corrected chi connectivity index (χ3v) is 4.47. The topological polar surface area (TPSA) is 47.0 Å². The van der Waals surface area contributed by atoms with Gasteiger partial charge < -0.3 is 10.1 Å². The number of thiophene rings is 1. The molecule has 2 heterocycles. The van der Waals surface area contributed by atoms with Gasteiger partial charge in [-0.1, -0.05) is 6.92 Å². The van der Waals surface area contributed by atoms with Crippen LogP contribution in [-0.4, -0.2) is 23.1 Å². The summed E-state index contributed by atoms with van der Waals surface area (Å²) in [5.74, 6) is 1.56. The second kappa shape index (κ2) is 7.71. The summed E-state index contributed by atoms with van der Waals surface area (Å²) in [6.45, 7) is 6.10. The van der Waals surface area contributed by atoms with Gasteiger partial charge in [0.1, 0.15) is 12.4 Å². The Morgan fingerprint density at radius 2 is 2.20 bits per heavy atom. The fourth-order valence-electron chi connectivity index (χ4n) is 1.69. The summed E-state index contributed by atoms with van der Waals surface area (Å²) < 4.78 is 6.48. The number of hydrogen-bond acceptors (Lipinski definition) is 5. The minimum atomic E-state index is 0.439. The maximum atomic E-state index is 5.42. The van der Waals surface area contributed by atoms with E-state index >= 15 is 0 Å². The quantitative estimate of drug-likeness (QED) is 0.802. The molecule has 4 nitrogen and oxygen atoms in total. The molecule has 20 heavy (non-hydrogen) atoms. The van der Waals surface area contributed by atoms with Crippen LogP contribution in [-0.2, 0) is 11.3 Å². The van der Waals surface area contributed by atoms with Gasteiger partial charge in [0.25, 0.3) is 0 Å². The third kappa shape index (κ3) is 4.01. The fourth-order valence-corrected chi connectivity index (χ4v) is 3.23. The monoisotopic (exact) mass is 355 g/mol. The van der Waals surface area contributed by atoms with Crippen molar-refractivity contribution in [3.8, 4) is 10.6 Å². The number of anilines is 1. The molecule has 108 valence electrons. The Morgan fingerprint density at radius 3 is 2.85 bits per heavy atom. The molecule has 0 aliphatic heterocycles. The molecule has 0 aromatic carbocycles. The number of aromatic nitrogens is 2. The lowest BCUT2D eigenvalue weighted by Gasteiger charge is -2.09. The van der Waals surface area contributed by atoms with E-state index in [9.17, 15) is 0 Å². The standard InChI is InChI=1S/C14H18BrN3OS/c1-3-6-16-12-8-11(14-10(15)5-7-20-14)17-13(18-12)9-19-4-2/h5,7-8H,3-4,6,9H2,1-2H3,(H,16,17,18). The van der Waals surface area contributed by atoms with E-state index < -0.39 is 0 Å². The molecule has 0 bridgehead atoms. The van der Waals surface area contributed by atoms with Crippen molar-refractivity contribution >= 4 is 33.1 Å². The molecule has 0 unspecified atom stereocenters. The van der Waals surface area contributed by atoms with Crippen LogP contribution in [0.3, 0.4) is 0 Å². The van der Waals surface area contributed by atoms with Gasteiger partial charge >= 0.3 is 0 Å². The molecule has 6 heteroatoms. The van der Waals surface area contributed by atoms with Crippen LogP contribution < -0.4 is 5.32 Å². The van der Waals surface area contributed by atoms with Gasteiger partial charge in [0.2, 0.25) is 0 Å². The second-order valence-corrected chi connectivity index (χ2v) is 5.99. The van der Waals surface area contributed by atoms with Gasteiger partial charge in [-0.05, 0) is 40.7 Å². The molecule has 0 saturated carbocycles. The minimum Gasteiger partial charge on any atom is -0.374 e. The third-order valence-electron chi connectivity index (χ3n) is 2.61. The number of nitrogens with zero attached hydrogens (tertiary/aromatic N) is 2. The number of ether oxygens (including phenoxy) is 1. The predicted molar refractivity (Wildman–Crippen MR) is 87.2 cm³/mol. The molecule has 1 N–H and O–H groups in total. The van der Waals surface area contributed by atoms with Crippen molar-refractivity contribution < 1.29 is 4.74 Å². The number of halogens is 1. The Bertz CT molecular complexity index is 533. The van der Waals surface area contributed by atoms with Gasteiger partial charge in [0.15, 0.2) is 5.82 Å². The Labute approximate surface area is 131 Å². The first-order valence-corrected chi connectivity index (χ1v) is 8.34. The van der Waals surface area contributed by atoms with E-state index in [2.05, 4.69) is 38.1 Å². The van der Waals surface area contributed by atoms with Gasteiger partial charge in [0.05, 0.1) is 10.6 Å². The van der Waals surface area contributed by atoms with Gasteiger partial charge in [-0.15, -0.1) is 11.3 Å². The molecule has 0 aliphatic rings. The van der Waals surface area contributed by atoms with Crippen molar-refractivity contribution in [2.75, 3.05) is 18.5 Å². The van der Waals surface area contributed by atoms with Crippen molar-refractivity contribution in [3.63, 3.8) is 0 Å². The molecule has 0 atom stereocenters. The van der Waals surface area contributed by atoms with Crippen LogP contribution in [0.1, 0.15) is 26.1 Å². The molecule has 0 fully saturated rings. The minimum absolute atomic E-state index is 0.439. The Kier molecular flexibility index (Phi) is 5.94. The maximum absolute atomic E-state index is 5.42. The molecule has 0 aliphatic carbocycles. The summed E-state index contributed by atoms with van der Waals surface area (Å²) in [5.41, 5.74) is 0.926. The Morgan fingerprint density at radius 1 is 1.35 bits per heavy atom. The SMILES string of the molecule is CCCNc1cc(-c2sccc2Br)nc(COCC)n1. The van der Waals surface area contributed by atoms with Crippen LogP contribution in [0, 0.1) is 0 Å². The lowest BCUT2D eigenvalue weighted by atomic mass is 10.3. The average molecular weight is 356 g/mol. The van der Waals surface area contributed by atoms with Crippen molar-refractivity contribution in [3.05, 3.63) is 27.8 Å². The molecule has 2 rings (SSSR count). The fraction of sp³-hybridized carbons (Fsp3) is 0.429. The van der Waals surface area contributed by atoms with E-state index in [1.807, 2.05) is 24.4 Å². The van der Waals surface area contributed by atoms with E-state index in [0.29, 0.717) is 19.0 Å². The highest BCUT2D eigenvalue weighted by atomic mass is 79.9. The van der Waals surface area contributed by atoms with E-state index in [1.54, 1.807) is 11.3 Å². The van der Waals surface area contributed by atoms with Gasteiger partial charge in [-0.2, -0.15) is 0 Å². The lowest BCUT2D eigenvalue weighted by Crippen LogP contribution is -2.07. The van der Waals surface area contributed by atoms with Crippen molar-refractivity contribution in [1.82, 2.24) is 9.97 Å². The highest BCUT2D eigenvalue weighted by molar-refractivity contribution is 9.10. The summed E-state index contributed by atoms with van der Waals surface area (Å²) in [5, 5.41) is 5.36. The Balaban J connectivity index is 2.32. The normalized spacial score (nSPS) is 10.8. The van der Waals surface area contributed by atoms with Crippen LogP contribution in [0.15, 0.2) is 22.0 Å². The Hall–Kier alpha value is -0.980. The first-order chi connectivity index (χ1) is 9.74. The van der Waals surface area contributed by atoms with Crippen LogP contribution in [0.4, 0.5) is 5.82 Å². The maximum Gasteiger partial charge on any atom is 0.157 e. The summed E-state index contributed by atoms with van der Waals surface area (Å²) in [6, 6.07) is 4.02. The number of nitrogens with one attached hydrogen (secondary N) is 1. The van der Waals surface area contributed by atoms with E-state index in [-0.39, 0.29) is 0 Å². The predicted octanol–water partition coefficient (Wildman–Crippen LogP) is 4.33. The highest BCUT2D eigenvalue weighted by Gasteiger charge is 2.10. The summed E-state index contributed by atoms with van der Waals surface area (Å²) in [7, 11) is 0. The molecule has 2 aromatic heterocycles. The molecule has 0 amide bonds. The lowest BCUT2D eigenvalue weighted by molar-refractivity contribution is 0.128. The summed E-state index contributed by atoms with van der Waals surface area (Å²) in [6.07, 6.45) is 1.06. The summed E-state index contributed by atoms with van der Waals surface area (Å²) >= 11 is 5.22. The van der Waals surface area contributed by atoms with Gasteiger partial charge in [0, 0.05) is 23.7 Å². The molecule has 0 saturated heterocycles.